The second-order valence-electron chi connectivity index (χ2n) is 7.04. The summed E-state index contributed by atoms with van der Waals surface area (Å²) >= 11 is 0. The molecule has 1 rings (SSSR count). The first-order valence-corrected chi connectivity index (χ1v) is 9.69. The summed E-state index contributed by atoms with van der Waals surface area (Å²) in [6.45, 7) is 7.33. The summed E-state index contributed by atoms with van der Waals surface area (Å²) in [5.74, 6) is 0.457. The topological polar surface area (TPSA) is 93.7 Å². The number of carbonyl (C=O) groups is 3. The van der Waals surface area contributed by atoms with E-state index in [1.165, 1.54) is 0 Å². The summed E-state index contributed by atoms with van der Waals surface area (Å²) in [7, 11) is 0. The van der Waals surface area contributed by atoms with E-state index in [2.05, 4.69) is 10.6 Å². The molecule has 0 saturated heterocycles. The number of nitrogens with one attached hydrogen (secondary N) is 2. The van der Waals surface area contributed by atoms with Crippen molar-refractivity contribution >= 4 is 17.6 Å². The van der Waals surface area contributed by atoms with Crippen LogP contribution in [0.15, 0.2) is 0 Å². The van der Waals surface area contributed by atoms with E-state index in [9.17, 15) is 14.4 Å². The smallest absolute Gasteiger partial charge is 0.246 e. The predicted octanol–water partition coefficient (Wildman–Crippen LogP) is 1.45. The Bertz CT molecular complexity index is 445. The first-order valence-electron chi connectivity index (χ1n) is 9.69. The molecule has 0 bridgehead atoms. The first kappa shape index (κ1) is 22.6. The largest absolute Gasteiger partial charge is 0.377 e. The zero-order valence-electron chi connectivity index (χ0n) is 16.3. The molecule has 1 aliphatic rings. The average Bonchev–Trinajstić information content (AvgIpc) is 2.63. The first-order chi connectivity index (χ1) is 12.4. The number of carbonyl (C=O) groups excluding carboxylic acids is 3. The monoisotopic (exact) mass is 370 g/mol. The van der Waals surface area contributed by atoms with Crippen molar-refractivity contribution in [3.63, 3.8) is 0 Å². The van der Waals surface area contributed by atoms with Crippen LogP contribution in [-0.4, -0.2) is 56.6 Å². The van der Waals surface area contributed by atoms with Gasteiger partial charge in [-0.1, -0.05) is 20.8 Å². The fraction of sp³-hybridized carbons (Fsp3) is 0.842. The Morgan fingerprint density at radius 3 is 2.23 bits per heavy atom. The molecule has 2 amide bonds. The molecule has 0 spiro atoms. The van der Waals surface area contributed by atoms with Crippen molar-refractivity contribution in [2.75, 3.05) is 33.0 Å². The number of Topliss-reactive ketones (excluding diaryl/α,β-unsaturated/α-hetero) is 1. The van der Waals surface area contributed by atoms with Crippen LogP contribution in [0, 0.1) is 11.8 Å². The summed E-state index contributed by atoms with van der Waals surface area (Å²) in [4.78, 5) is 34.9. The van der Waals surface area contributed by atoms with Crippen molar-refractivity contribution in [1.29, 1.82) is 0 Å². The standard InChI is InChI=1S/C19H34N2O5/c1-4-17(22)20-9-10-25-11-12-26-13-18(23)21-16-7-5-15(6-8-16)19(24)14(2)3/h14-16H,4-13H2,1-3H3,(H,20,22)(H,21,23). The van der Waals surface area contributed by atoms with E-state index in [1.54, 1.807) is 6.92 Å². The molecule has 0 aromatic carbocycles. The molecule has 7 heteroatoms. The van der Waals surface area contributed by atoms with Gasteiger partial charge in [-0.25, -0.2) is 0 Å². The quantitative estimate of drug-likeness (QED) is 0.507. The highest BCUT2D eigenvalue weighted by Crippen LogP contribution is 2.27. The Morgan fingerprint density at radius 2 is 1.62 bits per heavy atom. The number of ether oxygens (including phenoxy) is 2. The van der Waals surface area contributed by atoms with Gasteiger partial charge in [-0.15, -0.1) is 0 Å². The zero-order valence-corrected chi connectivity index (χ0v) is 16.3. The predicted molar refractivity (Wildman–Crippen MR) is 98.7 cm³/mol. The lowest BCUT2D eigenvalue weighted by molar-refractivity contribution is -0.128. The van der Waals surface area contributed by atoms with Crippen molar-refractivity contribution in [3.8, 4) is 0 Å². The van der Waals surface area contributed by atoms with Crippen molar-refractivity contribution in [2.45, 2.75) is 58.9 Å². The van der Waals surface area contributed by atoms with Crippen LogP contribution in [0.25, 0.3) is 0 Å². The van der Waals surface area contributed by atoms with Crippen molar-refractivity contribution in [2.24, 2.45) is 11.8 Å². The third-order valence-electron chi connectivity index (χ3n) is 4.56. The van der Waals surface area contributed by atoms with E-state index in [-0.39, 0.29) is 36.3 Å². The van der Waals surface area contributed by atoms with Crippen molar-refractivity contribution in [3.05, 3.63) is 0 Å². The Kier molecular flexibility index (Phi) is 11.1. The molecule has 26 heavy (non-hydrogen) atoms. The van der Waals surface area contributed by atoms with Crippen LogP contribution in [-0.2, 0) is 23.9 Å². The summed E-state index contributed by atoms with van der Waals surface area (Å²) in [6, 6.07) is 0.140. The van der Waals surface area contributed by atoms with Gasteiger partial charge in [-0.2, -0.15) is 0 Å². The minimum atomic E-state index is -0.126. The summed E-state index contributed by atoms with van der Waals surface area (Å²) in [5.41, 5.74) is 0. The Hall–Kier alpha value is -1.47. The third kappa shape index (κ3) is 9.29. The van der Waals surface area contributed by atoms with E-state index in [4.69, 9.17) is 9.47 Å². The van der Waals surface area contributed by atoms with Gasteiger partial charge in [0.25, 0.3) is 0 Å². The van der Waals surface area contributed by atoms with Crippen LogP contribution in [0.1, 0.15) is 52.9 Å². The SMILES string of the molecule is CCC(=O)NCCOCCOCC(=O)NC1CCC(C(=O)C(C)C)CC1. The molecule has 0 heterocycles. The average molecular weight is 370 g/mol. The lowest BCUT2D eigenvalue weighted by Gasteiger charge is -2.29. The number of hydrogen-bond donors (Lipinski definition) is 2. The van der Waals surface area contributed by atoms with Gasteiger partial charge in [-0.3, -0.25) is 14.4 Å². The van der Waals surface area contributed by atoms with Crippen molar-refractivity contribution in [1.82, 2.24) is 10.6 Å². The highest BCUT2D eigenvalue weighted by atomic mass is 16.5. The van der Waals surface area contributed by atoms with Gasteiger partial charge in [0.05, 0.1) is 19.8 Å². The number of rotatable bonds is 12. The Balaban J connectivity index is 2.01. The van der Waals surface area contributed by atoms with E-state index < -0.39 is 0 Å². The summed E-state index contributed by atoms with van der Waals surface area (Å²) in [5, 5.41) is 5.69. The fourth-order valence-corrected chi connectivity index (χ4v) is 3.04. The fourth-order valence-electron chi connectivity index (χ4n) is 3.04. The molecule has 1 fully saturated rings. The zero-order chi connectivity index (χ0) is 19.4. The second kappa shape index (κ2) is 12.8. The van der Waals surface area contributed by atoms with Crippen LogP contribution >= 0.6 is 0 Å². The lowest BCUT2D eigenvalue weighted by Crippen LogP contribution is -2.41. The lowest BCUT2D eigenvalue weighted by atomic mass is 9.80. The normalized spacial score (nSPS) is 20.0. The number of hydrogen-bond acceptors (Lipinski definition) is 5. The minimum absolute atomic E-state index is 0.00382. The van der Waals surface area contributed by atoms with E-state index in [0.29, 0.717) is 38.6 Å². The van der Waals surface area contributed by atoms with Crippen LogP contribution in [0.3, 0.4) is 0 Å². The summed E-state index contributed by atoms with van der Waals surface area (Å²) < 4.78 is 10.6. The van der Waals surface area contributed by atoms with E-state index in [0.717, 1.165) is 25.7 Å². The van der Waals surface area contributed by atoms with Gasteiger partial charge in [0, 0.05) is 30.8 Å². The number of amides is 2. The third-order valence-corrected chi connectivity index (χ3v) is 4.56. The van der Waals surface area contributed by atoms with Crippen LogP contribution in [0.2, 0.25) is 0 Å². The molecule has 2 N–H and O–H groups in total. The van der Waals surface area contributed by atoms with Gasteiger partial charge in [-0.05, 0) is 25.7 Å². The minimum Gasteiger partial charge on any atom is -0.377 e. The summed E-state index contributed by atoms with van der Waals surface area (Å²) in [6.07, 6.45) is 3.87. The molecule has 0 unspecified atom stereocenters. The molecule has 0 aromatic heterocycles. The van der Waals surface area contributed by atoms with Crippen LogP contribution in [0.4, 0.5) is 0 Å². The molecule has 1 saturated carbocycles. The van der Waals surface area contributed by atoms with Gasteiger partial charge in [0.1, 0.15) is 12.4 Å². The number of ketones is 1. The molecule has 7 nitrogen and oxygen atoms in total. The van der Waals surface area contributed by atoms with Crippen LogP contribution in [0.5, 0.6) is 0 Å². The Labute approximate surface area is 156 Å². The second-order valence-corrected chi connectivity index (χ2v) is 7.04. The molecular formula is C19H34N2O5. The van der Waals surface area contributed by atoms with Crippen molar-refractivity contribution < 1.29 is 23.9 Å². The van der Waals surface area contributed by atoms with Gasteiger partial charge < -0.3 is 20.1 Å². The maximum absolute atomic E-state index is 12.0. The highest BCUT2D eigenvalue weighted by molar-refractivity contribution is 5.83. The van der Waals surface area contributed by atoms with Gasteiger partial charge in [0.2, 0.25) is 11.8 Å². The maximum atomic E-state index is 12.0. The van der Waals surface area contributed by atoms with Crippen LogP contribution < -0.4 is 10.6 Å². The highest BCUT2D eigenvalue weighted by Gasteiger charge is 2.28. The molecule has 150 valence electrons. The molecule has 0 atom stereocenters. The van der Waals surface area contributed by atoms with Gasteiger partial charge in [0.15, 0.2) is 0 Å². The Morgan fingerprint density at radius 1 is 0.962 bits per heavy atom. The molecule has 1 aliphatic carbocycles. The molecule has 0 aliphatic heterocycles. The van der Waals surface area contributed by atoms with E-state index >= 15 is 0 Å². The maximum Gasteiger partial charge on any atom is 0.246 e. The van der Waals surface area contributed by atoms with E-state index in [1.807, 2.05) is 13.8 Å². The molecule has 0 radical (unpaired) electrons. The molecule has 0 aromatic rings. The molecular weight excluding hydrogens is 336 g/mol. The van der Waals surface area contributed by atoms with Gasteiger partial charge >= 0.3 is 0 Å².